The van der Waals surface area contributed by atoms with E-state index in [1.165, 1.54) is 0 Å². The average molecular weight is 287 g/mol. The van der Waals surface area contributed by atoms with Gasteiger partial charge >= 0.3 is 5.97 Å². The number of carbonyl (C=O) groups is 1. The summed E-state index contributed by atoms with van der Waals surface area (Å²) in [6.45, 7) is 8.42. The minimum Gasteiger partial charge on any atom is -0.462 e. The number of hydrogen-bond acceptors (Lipinski definition) is 4. The molecule has 112 valence electrons. The molecule has 0 spiro atoms. The number of aryl methyl sites for hydroxylation is 2. The smallest absolute Gasteiger partial charge is 0.348 e. The summed E-state index contributed by atoms with van der Waals surface area (Å²) in [5, 5.41) is 9.15. The Balaban J connectivity index is 3.39. The molecule has 0 unspecified atom stereocenters. The minimum atomic E-state index is -0.590. The van der Waals surface area contributed by atoms with Gasteiger partial charge in [0.25, 0.3) is 0 Å². The highest BCUT2D eigenvalue weighted by Gasteiger charge is 2.14. The molecule has 0 radical (unpaired) electrons. The summed E-state index contributed by atoms with van der Waals surface area (Å²) < 4.78 is 10.1. The van der Waals surface area contributed by atoms with Crippen molar-refractivity contribution >= 4 is 12.0 Å². The predicted octanol–water partition coefficient (Wildman–Crippen LogP) is 3.23. The SMILES string of the molecule is CCOC(=O)/C(C#N)=C\c1c(C)cc(C)c(COC)c1C. The second-order valence-electron chi connectivity index (χ2n) is 4.85. The van der Waals surface area contributed by atoms with E-state index in [0.717, 1.165) is 27.8 Å². The lowest BCUT2D eigenvalue weighted by Crippen LogP contribution is -2.07. The lowest BCUT2D eigenvalue weighted by molar-refractivity contribution is -0.137. The van der Waals surface area contributed by atoms with Crippen molar-refractivity contribution in [3.63, 3.8) is 0 Å². The summed E-state index contributed by atoms with van der Waals surface area (Å²) in [5.74, 6) is -0.590. The van der Waals surface area contributed by atoms with Crippen LogP contribution in [-0.2, 0) is 20.9 Å². The van der Waals surface area contributed by atoms with Gasteiger partial charge in [0, 0.05) is 7.11 Å². The molecule has 0 atom stereocenters. The highest BCUT2D eigenvalue weighted by Crippen LogP contribution is 2.25. The first-order chi connectivity index (χ1) is 9.96. The number of nitriles is 1. The summed E-state index contributed by atoms with van der Waals surface area (Å²) in [5.41, 5.74) is 5.13. The van der Waals surface area contributed by atoms with E-state index in [0.29, 0.717) is 6.61 Å². The summed E-state index contributed by atoms with van der Waals surface area (Å²) in [7, 11) is 1.65. The molecule has 0 aliphatic rings. The zero-order valence-corrected chi connectivity index (χ0v) is 13.2. The van der Waals surface area contributed by atoms with Gasteiger partial charge in [-0.05, 0) is 61.6 Å². The van der Waals surface area contributed by atoms with Crippen LogP contribution in [-0.4, -0.2) is 19.7 Å². The Labute approximate surface area is 126 Å². The molecule has 0 aromatic heterocycles. The molecule has 0 aliphatic heterocycles. The van der Waals surface area contributed by atoms with E-state index in [1.807, 2.05) is 32.9 Å². The molecule has 0 saturated carbocycles. The third-order valence-electron chi connectivity index (χ3n) is 3.38. The molecule has 0 amide bonds. The monoisotopic (exact) mass is 287 g/mol. The van der Waals surface area contributed by atoms with Crippen molar-refractivity contribution in [2.24, 2.45) is 0 Å². The first-order valence-electron chi connectivity index (χ1n) is 6.83. The maximum atomic E-state index is 11.7. The topological polar surface area (TPSA) is 59.3 Å². The Bertz CT molecular complexity index is 609. The third-order valence-corrected chi connectivity index (χ3v) is 3.38. The van der Waals surface area contributed by atoms with Crippen LogP contribution in [0.2, 0.25) is 0 Å². The van der Waals surface area contributed by atoms with Crippen molar-refractivity contribution in [3.05, 3.63) is 39.5 Å². The van der Waals surface area contributed by atoms with E-state index < -0.39 is 5.97 Å². The first-order valence-corrected chi connectivity index (χ1v) is 6.83. The summed E-state index contributed by atoms with van der Waals surface area (Å²) in [6.07, 6.45) is 1.60. The van der Waals surface area contributed by atoms with Crippen LogP contribution in [0.4, 0.5) is 0 Å². The zero-order chi connectivity index (χ0) is 16.0. The van der Waals surface area contributed by atoms with Crippen LogP contribution < -0.4 is 0 Å². The molecule has 0 bridgehead atoms. The molecule has 0 heterocycles. The Hall–Kier alpha value is -2.12. The Morgan fingerprint density at radius 3 is 2.52 bits per heavy atom. The average Bonchev–Trinajstić information content (AvgIpc) is 2.43. The van der Waals surface area contributed by atoms with Gasteiger partial charge in [0.15, 0.2) is 0 Å². The van der Waals surface area contributed by atoms with Gasteiger partial charge in [0.2, 0.25) is 0 Å². The number of esters is 1. The van der Waals surface area contributed by atoms with E-state index in [2.05, 4.69) is 0 Å². The molecule has 1 aromatic rings. The molecule has 0 fully saturated rings. The summed E-state index contributed by atoms with van der Waals surface area (Å²) >= 11 is 0. The predicted molar refractivity (Wildman–Crippen MR) is 81.6 cm³/mol. The lowest BCUT2D eigenvalue weighted by Gasteiger charge is -2.15. The van der Waals surface area contributed by atoms with Gasteiger partial charge in [0.05, 0.1) is 13.2 Å². The third kappa shape index (κ3) is 3.93. The molecule has 21 heavy (non-hydrogen) atoms. The molecule has 4 heteroatoms. The van der Waals surface area contributed by atoms with Crippen LogP contribution in [0.1, 0.15) is 34.7 Å². The van der Waals surface area contributed by atoms with Crippen LogP contribution in [0, 0.1) is 32.1 Å². The van der Waals surface area contributed by atoms with Crippen molar-refractivity contribution in [2.75, 3.05) is 13.7 Å². The lowest BCUT2D eigenvalue weighted by atomic mass is 9.92. The normalized spacial score (nSPS) is 11.1. The van der Waals surface area contributed by atoms with Crippen LogP contribution >= 0.6 is 0 Å². The maximum Gasteiger partial charge on any atom is 0.348 e. The van der Waals surface area contributed by atoms with E-state index >= 15 is 0 Å². The van der Waals surface area contributed by atoms with Crippen LogP contribution in [0.3, 0.4) is 0 Å². The highest BCUT2D eigenvalue weighted by atomic mass is 16.5. The van der Waals surface area contributed by atoms with Crippen molar-refractivity contribution < 1.29 is 14.3 Å². The fraction of sp³-hybridized carbons (Fsp3) is 0.412. The number of hydrogen-bond donors (Lipinski definition) is 0. The van der Waals surface area contributed by atoms with Crippen molar-refractivity contribution in [1.82, 2.24) is 0 Å². The second kappa shape index (κ2) is 7.61. The van der Waals surface area contributed by atoms with E-state index in [1.54, 1.807) is 20.1 Å². The Morgan fingerprint density at radius 1 is 1.33 bits per heavy atom. The highest BCUT2D eigenvalue weighted by molar-refractivity contribution is 5.98. The molecule has 1 aromatic carbocycles. The number of methoxy groups -OCH3 is 1. The number of benzene rings is 1. The van der Waals surface area contributed by atoms with Crippen molar-refractivity contribution in [1.29, 1.82) is 5.26 Å². The fourth-order valence-electron chi connectivity index (χ4n) is 2.32. The number of ether oxygens (including phenoxy) is 2. The molecule has 0 aliphatic carbocycles. The minimum absolute atomic E-state index is 0.00951. The van der Waals surface area contributed by atoms with Gasteiger partial charge in [-0.15, -0.1) is 0 Å². The molecule has 4 nitrogen and oxygen atoms in total. The second-order valence-corrected chi connectivity index (χ2v) is 4.85. The van der Waals surface area contributed by atoms with E-state index in [4.69, 9.17) is 14.7 Å². The summed E-state index contributed by atoms with van der Waals surface area (Å²) in [4.78, 5) is 11.7. The van der Waals surface area contributed by atoms with Crippen LogP contribution in [0.5, 0.6) is 0 Å². The van der Waals surface area contributed by atoms with Gasteiger partial charge in [-0.1, -0.05) is 6.07 Å². The van der Waals surface area contributed by atoms with Gasteiger partial charge < -0.3 is 9.47 Å². The van der Waals surface area contributed by atoms with Crippen molar-refractivity contribution in [3.8, 4) is 6.07 Å². The molecular formula is C17H21NO3. The molecule has 0 N–H and O–H groups in total. The quantitative estimate of drug-likeness (QED) is 0.474. The molecule has 1 rings (SSSR count). The molecular weight excluding hydrogens is 266 g/mol. The first kappa shape index (κ1) is 16.9. The van der Waals surface area contributed by atoms with Gasteiger partial charge in [-0.25, -0.2) is 4.79 Å². The van der Waals surface area contributed by atoms with Gasteiger partial charge in [-0.2, -0.15) is 5.26 Å². The molecule has 0 saturated heterocycles. The standard InChI is InChI=1S/C17H21NO3/c1-6-21-17(19)14(9-18)8-15-11(2)7-12(3)16(10-20-5)13(15)4/h7-8H,6,10H2,1-5H3/b14-8-. The largest absolute Gasteiger partial charge is 0.462 e. The van der Waals surface area contributed by atoms with Crippen molar-refractivity contribution in [2.45, 2.75) is 34.3 Å². The Morgan fingerprint density at radius 2 is 2.00 bits per heavy atom. The van der Waals surface area contributed by atoms with Gasteiger partial charge in [-0.3, -0.25) is 0 Å². The zero-order valence-electron chi connectivity index (χ0n) is 13.2. The van der Waals surface area contributed by atoms with E-state index in [-0.39, 0.29) is 12.2 Å². The number of rotatable bonds is 5. The summed E-state index contributed by atoms with van der Waals surface area (Å²) in [6, 6.07) is 3.95. The number of carbonyl (C=O) groups excluding carboxylic acids is 1. The van der Waals surface area contributed by atoms with Gasteiger partial charge in [0.1, 0.15) is 11.6 Å². The maximum absolute atomic E-state index is 11.7. The fourth-order valence-corrected chi connectivity index (χ4v) is 2.32. The van der Waals surface area contributed by atoms with Crippen LogP contribution in [0.25, 0.3) is 6.08 Å². The Kier molecular flexibility index (Phi) is 6.13. The van der Waals surface area contributed by atoms with E-state index in [9.17, 15) is 4.79 Å². The van der Waals surface area contributed by atoms with Crippen LogP contribution in [0.15, 0.2) is 11.6 Å². The number of nitrogens with zero attached hydrogens (tertiary/aromatic N) is 1.